The summed E-state index contributed by atoms with van der Waals surface area (Å²) in [5.41, 5.74) is 1.11. The first kappa shape index (κ1) is 30.9. The van der Waals surface area contributed by atoms with E-state index in [9.17, 15) is 18.0 Å². The Balaban J connectivity index is 1.30. The standard InChI is InChI=1S/C31H33F3N8O2/c1-21(9-14-43)37-28-7-8-29-36-19-26(42(29)39-28)6-3-22-15-24(18-35-17-22)30(44)38-25-5-4-23(27(16-25)31(32,33)34)20-41-12-10-40(2)11-13-41/h4-5,7-8,15-19,21,43H,9-14,20H2,1-2H3,(H,37,39)(H,38,44)/t21-/m0/s1. The summed E-state index contributed by atoms with van der Waals surface area (Å²) < 4.78 is 43.5. The van der Waals surface area contributed by atoms with E-state index in [-0.39, 0.29) is 36.0 Å². The Morgan fingerprint density at radius 2 is 1.86 bits per heavy atom. The quantitative estimate of drug-likeness (QED) is 0.261. The van der Waals surface area contributed by atoms with Crippen LogP contribution in [0.3, 0.4) is 0 Å². The maximum Gasteiger partial charge on any atom is 0.416 e. The molecule has 3 aromatic heterocycles. The fourth-order valence-corrected chi connectivity index (χ4v) is 4.83. The molecule has 1 saturated heterocycles. The number of benzene rings is 1. The van der Waals surface area contributed by atoms with Gasteiger partial charge in [0.25, 0.3) is 5.91 Å². The molecule has 1 fully saturated rings. The first-order valence-electron chi connectivity index (χ1n) is 14.2. The molecule has 230 valence electrons. The Hall–Kier alpha value is -4.51. The van der Waals surface area contributed by atoms with Crippen LogP contribution in [0.15, 0.2) is 55.0 Å². The second-order valence-electron chi connectivity index (χ2n) is 10.8. The smallest absolute Gasteiger partial charge is 0.396 e. The van der Waals surface area contributed by atoms with Crippen LogP contribution in [0.25, 0.3) is 5.65 Å². The molecule has 0 aliphatic carbocycles. The first-order chi connectivity index (χ1) is 21.1. The Kier molecular flexibility index (Phi) is 9.43. The van der Waals surface area contributed by atoms with Crippen LogP contribution in [-0.4, -0.2) is 86.3 Å². The topological polar surface area (TPSA) is 111 Å². The monoisotopic (exact) mass is 606 g/mol. The van der Waals surface area contributed by atoms with Gasteiger partial charge in [0.05, 0.1) is 17.3 Å². The Morgan fingerprint density at radius 1 is 1.07 bits per heavy atom. The predicted molar refractivity (Wildman–Crippen MR) is 160 cm³/mol. The summed E-state index contributed by atoms with van der Waals surface area (Å²) in [5, 5.41) is 19.4. The zero-order valence-electron chi connectivity index (χ0n) is 24.4. The molecule has 1 amide bonds. The van der Waals surface area contributed by atoms with Crippen LogP contribution < -0.4 is 10.6 Å². The van der Waals surface area contributed by atoms with Gasteiger partial charge in [-0.3, -0.25) is 14.7 Å². The van der Waals surface area contributed by atoms with Gasteiger partial charge in [-0.05, 0) is 62.2 Å². The summed E-state index contributed by atoms with van der Waals surface area (Å²) in [5.74, 6) is 5.93. The van der Waals surface area contributed by atoms with Gasteiger partial charge in [0.2, 0.25) is 0 Å². The van der Waals surface area contributed by atoms with Gasteiger partial charge < -0.3 is 20.6 Å². The highest BCUT2D eigenvalue weighted by atomic mass is 19.4. The van der Waals surface area contributed by atoms with Crippen molar-refractivity contribution in [3.8, 4) is 11.8 Å². The molecular formula is C31H33F3N8O2. The lowest BCUT2D eigenvalue weighted by Crippen LogP contribution is -2.44. The molecule has 0 unspecified atom stereocenters. The minimum atomic E-state index is -4.57. The maximum absolute atomic E-state index is 14.0. The van der Waals surface area contributed by atoms with E-state index in [0.29, 0.717) is 42.2 Å². The number of hydrogen-bond acceptors (Lipinski definition) is 8. The molecule has 1 aromatic carbocycles. The van der Waals surface area contributed by atoms with Gasteiger partial charge in [-0.25, -0.2) is 9.50 Å². The number of aliphatic hydroxyl groups excluding tert-OH is 1. The molecule has 0 spiro atoms. The SMILES string of the molecule is C[C@@H](CCO)Nc1ccc2ncc(C#Cc3cncc(C(=O)Nc4ccc(CN5CCN(C)CC5)c(C(F)(F)F)c4)c3)n2n1. The number of likely N-dealkylation sites (N-methyl/N-ethyl adjacent to an activating group) is 1. The molecule has 13 heteroatoms. The van der Waals surface area contributed by atoms with Crippen molar-refractivity contribution in [3.05, 3.63) is 82.9 Å². The number of pyridine rings is 1. The second-order valence-corrected chi connectivity index (χ2v) is 10.8. The summed E-state index contributed by atoms with van der Waals surface area (Å²) >= 11 is 0. The normalized spacial score (nSPS) is 15.0. The molecule has 44 heavy (non-hydrogen) atoms. The Labute approximate surface area is 252 Å². The zero-order valence-corrected chi connectivity index (χ0v) is 24.4. The van der Waals surface area contributed by atoms with E-state index < -0.39 is 17.6 Å². The zero-order chi connectivity index (χ0) is 31.3. The lowest BCUT2D eigenvalue weighted by atomic mass is 10.0. The van der Waals surface area contributed by atoms with E-state index in [1.807, 2.05) is 18.9 Å². The number of fused-ring (bicyclic) bond motifs is 1. The van der Waals surface area contributed by atoms with Gasteiger partial charge in [0.15, 0.2) is 5.65 Å². The van der Waals surface area contributed by atoms with Crippen molar-refractivity contribution in [1.29, 1.82) is 0 Å². The minimum Gasteiger partial charge on any atom is -0.396 e. The molecule has 0 radical (unpaired) electrons. The average Bonchev–Trinajstić information content (AvgIpc) is 3.40. The number of hydrogen-bond donors (Lipinski definition) is 3. The third-order valence-electron chi connectivity index (χ3n) is 7.32. The van der Waals surface area contributed by atoms with Gasteiger partial charge in [0.1, 0.15) is 11.5 Å². The highest BCUT2D eigenvalue weighted by Gasteiger charge is 2.34. The van der Waals surface area contributed by atoms with Crippen LogP contribution in [-0.2, 0) is 12.7 Å². The number of aromatic nitrogens is 4. The molecule has 4 aromatic rings. The Bertz CT molecular complexity index is 1690. The fourth-order valence-electron chi connectivity index (χ4n) is 4.83. The van der Waals surface area contributed by atoms with Gasteiger partial charge in [-0.1, -0.05) is 12.0 Å². The summed E-state index contributed by atoms with van der Waals surface area (Å²) in [4.78, 5) is 25.5. The number of nitrogens with zero attached hydrogens (tertiary/aromatic N) is 6. The third-order valence-corrected chi connectivity index (χ3v) is 7.32. The van der Waals surface area contributed by atoms with E-state index in [1.165, 1.54) is 30.6 Å². The van der Waals surface area contributed by atoms with Crippen molar-refractivity contribution in [3.63, 3.8) is 0 Å². The highest BCUT2D eigenvalue weighted by molar-refractivity contribution is 6.04. The number of alkyl halides is 3. The molecule has 0 bridgehead atoms. The molecule has 1 aliphatic heterocycles. The van der Waals surface area contributed by atoms with Gasteiger partial charge in [0, 0.05) is 69.0 Å². The summed E-state index contributed by atoms with van der Waals surface area (Å²) in [7, 11) is 1.99. The molecule has 10 nitrogen and oxygen atoms in total. The van der Waals surface area contributed by atoms with Crippen molar-refractivity contribution in [2.75, 3.05) is 50.5 Å². The number of nitrogens with one attached hydrogen (secondary N) is 2. The van der Waals surface area contributed by atoms with E-state index in [2.05, 4.69) is 42.4 Å². The van der Waals surface area contributed by atoms with Crippen molar-refractivity contribution < 1.29 is 23.1 Å². The number of rotatable bonds is 8. The Morgan fingerprint density at radius 3 is 2.61 bits per heavy atom. The minimum absolute atomic E-state index is 0.0167. The van der Waals surface area contributed by atoms with Crippen LogP contribution in [0.4, 0.5) is 24.7 Å². The summed E-state index contributed by atoms with van der Waals surface area (Å²) in [6.45, 7) is 5.16. The van der Waals surface area contributed by atoms with Crippen LogP contribution in [0.2, 0.25) is 0 Å². The first-order valence-corrected chi connectivity index (χ1v) is 14.2. The van der Waals surface area contributed by atoms with Crippen molar-refractivity contribution in [1.82, 2.24) is 29.4 Å². The largest absolute Gasteiger partial charge is 0.416 e. The van der Waals surface area contributed by atoms with E-state index >= 15 is 0 Å². The molecule has 1 aliphatic rings. The van der Waals surface area contributed by atoms with Crippen molar-refractivity contribution in [2.24, 2.45) is 0 Å². The molecule has 5 rings (SSSR count). The molecule has 4 heterocycles. The van der Waals surface area contributed by atoms with Crippen LogP contribution >= 0.6 is 0 Å². The lowest BCUT2D eigenvalue weighted by Gasteiger charge is -2.33. The fraction of sp³-hybridized carbons (Fsp3) is 0.355. The number of anilines is 2. The van der Waals surface area contributed by atoms with Crippen molar-refractivity contribution >= 4 is 23.1 Å². The number of aliphatic hydroxyl groups is 1. The molecule has 3 N–H and O–H groups in total. The third kappa shape index (κ3) is 7.71. The predicted octanol–water partition coefficient (Wildman–Crippen LogP) is 3.73. The number of imidazole rings is 1. The number of piperazine rings is 1. The molecular weight excluding hydrogens is 573 g/mol. The lowest BCUT2D eigenvalue weighted by molar-refractivity contribution is -0.138. The second kappa shape index (κ2) is 13.4. The molecule has 0 saturated carbocycles. The van der Waals surface area contributed by atoms with Gasteiger partial charge in [-0.2, -0.15) is 13.2 Å². The number of amides is 1. The van der Waals surface area contributed by atoms with Crippen molar-refractivity contribution in [2.45, 2.75) is 32.1 Å². The van der Waals surface area contributed by atoms with E-state index in [1.54, 1.807) is 22.8 Å². The highest BCUT2D eigenvalue weighted by Crippen LogP contribution is 2.34. The summed E-state index contributed by atoms with van der Waals surface area (Å²) in [6, 6.07) is 9.01. The number of carbonyl (C=O) groups excluding carboxylic acids is 1. The maximum atomic E-state index is 14.0. The van der Waals surface area contributed by atoms with Crippen LogP contribution in [0.1, 0.15) is 46.1 Å². The van der Waals surface area contributed by atoms with Gasteiger partial charge >= 0.3 is 6.18 Å². The van der Waals surface area contributed by atoms with Crippen LogP contribution in [0, 0.1) is 11.8 Å². The summed E-state index contributed by atoms with van der Waals surface area (Å²) in [6.07, 6.45) is 0.388. The average molecular weight is 607 g/mol. The number of halogens is 3. The van der Waals surface area contributed by atoms with Crippen LogP contribution in [0.5, 0.6) is 0 Å². The van der Waals surface area contributed by atoms with Gasteiger partial charge in [-0.15, -0.1) is 5.10 Å². The molecule has 1 atom stereocenters. The van der Waals surface area contributed by atoms with E-state index in [0.717, 1.165) is 19.2 Å². The number of carbonyl (C=O) groups is 1. The van der Waals surface area contributed by atoms with E-state index in [4.69, 9.17) is 5.11 Å².